The van der Waals surface area contributed by atoms with Crippen molar-refractivity contribution >= 4 is 5.97 Å². The number of aliphatic hydroxyl groups is 1. The molecule has 66 valence electrons. The molecule has 0 saturated heterocycles. The van der Waals surface area contributed by atoms with Gasteiger partial charge in [-0.15, -0.1) is 0 Å². The van der Waals surface area contributed by atoms with Gasteiger partial charge in [-0.25, -0.2) is 0 Å². The Kier molecular flexibility index (Phi) is 4.81. The lowest BCUT2D eigenvalue weighted by Gasteiger charge is -2.13. The van der Waals surface area contributed by atoms with Gasteiger partial charge in [-0.1, -0.05) is 19.8 Å². The molecule has 0 aromatic heterocycles. The van der Waals surface area contributed by atoms with Crippen molar-refractivity contribution in [1.82, 2.24) is 0 Å². The average Bonchev–Trinajstić information content (AvgIpc) is 1.98. The van der Waals surface area contributed by atoms with Crippen LogP contribution in [-0.4, -0.2) is 28.3 Å². The van der Waals surface area contributed by atoms with Gasteiger partial charge in [0.1, 0.15) is 6.04 Å². The minimum atomic E-state index is -1.14. The van der Waals surface area contributed by atoms with Crippen LogP contribution < -0.4 is 5.73 Å². The SMILES string of the molecule is CCCC[C@@H](O)[C@H](N)C(=O)O. The van der Waals surface area contributed by atoms with E-state index in [0.29, 0.717) is 6.42 Å². The third kappa shape index (κ3) is 3.95. The zero-order valence-electron chi connectivity index (χ0n) is 6.66. The highest BCUT2D eigenvalue weighted by Gasteiger charge is 2.20. The molecule has 0 radical (unpaired) electrons. The van der Waals surface area contributed by atoms with E-state index >= 15 is 0 Å². The Morgan fingerprint density at radius 2 is 2.18 bits per heavy atom. The fourth-order valence-electron chi connectivity index (χ4n) is 0.757. The minimum Gasteiger partial charge on any atom is -0.480 e. The van der Waals surface area contributed by atoms with E-state index in [0.717, 1.165) is 12.8 Å². The van der Waals surface area contributed by atoms with Crippen LogP contribution in [0.25, 0.3) is 0 Å². The molecule has 0 aliphatic carbocycles. The molecule has 0 unspecified atom stereocenters. The summed E-state index contributed by atoms with van der Waals surface area (Å²) in [5.41, 5.74) is 5.15. The lowest BCUT2D eigenvalue weighted by molar-refractivity contribution is -0.141. The molecule has 4 N–H and O–H groups in total. The van der Waals surface area contributed by atoms with Crippen LogP contribution in [0, 0.1) is 0 Å². The number of carboxylic acid groups (broad SMARTS) is 1. The number of carbonyl (C=O) groups is 1. The topological polar surface area (TPSA) is 83.5 Å². The molecule has 0 aliphatic rings. The zero-order chi connectivity index (χ0) is 8.85. The van der Waals surface area contributed by atoms with Crippen LogP contribution in [0.2, 0.25) is 0 Å². The Morgan fingerprint density at radius 3 is 2.55 bits per heavy atom. The van der Waals surface area contributed by atoms with Gasteiger partial charge >= 0.3 is 5.97 Å². The number of unbranched alkanes of at least 4 members (excludes halogenated alkanes) is 1. The maximum atomic E-state index is 10.2. The molecule has 0 aromatic carbocycles. The normalized spacial score (nSPS) is 15.9. The summed E-state index contributed by atoms with van der Waals surface area (Å²) in [5.74, 6) is -1.14. The van der Waals surface area contributed by atoms with Crippen molar-refractivity contribution in [3.63, 3.8) is 0 Å². The van der Waals surface area contributed by atoms with E-state index in [1.165, 1.54) is 0 Å². The molecule has 4 heteroatoms. The van der Waals surface area contributed by atoms with Crippen molar-refractivity contribution in [3.05, 3.63) is 0 Å². The predicted octanol–water partition coefficient (Wildman–Crippen LogP) is -0.0506. The molecular weight excluding hydrogens is 146 g/mol. The summed E-state index contributed by atoms with van der Waals surface area (Å²) >= 11 is 0. The van der Waals surface area contributed by atoms with E-state index in [1.807, 2.05) is 6.92 Å². The van der Waals surface area contributed by atoms with Crippen LogP contribution in [0.5, 0.6) is 0 Å². The maximum absolute atomic E-state index is 10.2. The van der Waals surface area contributed by atoms with Crippen molar-refractivity contribution in [2.24, 2.45) is 5.73 Å². The second kappa shape index (κ2) is 5.09. The standard InChI is InChI=1S/C7H15NO3/c1-2-3-4-5(9)6(8)7(10)11/h5-6,9H,2-4,8H2,1H3,(H,10,11)/t5-,6+/m1/s1. The lowest BCUT2D eigenvalue weighted by atomic mass is 10.1. The van der Waals surface area contributed by atoms with Gasteiger partial charge in [0.15, 0.2) is 0 Å². The minimum absolute atomic E-state index is 0.462. The van der Waals surface area contributed by atoms with Crippen molar-refractivity contribution < 1.29 is 15.0 Å². The van der Waals surface area contributed by atoms with E-state index in [2.05, 4.69) is 0 Å². The first-order chi connectivity index (χ1) is 5.09. The van der Waals surface area contributed by atoms with E-state index in [4.69, 9.17) is 15.9 Å². The Hall–Kier alpha value is -0.610. The first-order valence-corrected chi connectivity index (χ1v) is 3.76. The zero-order valence-corrected chi connectivity index (χ0v) is 6.66. The van der Waals surface area contributed by atoms with Gasteiger partial charge in [-0.3, -0.25) is 4.79 Å². The first kappa shape index (κ1) is 10.4. The summed E-state index contributed by atoms with van der Waals surface area (Å²) < 4.78 is 0. The molecule has 0 aliphatic heterocycles. The van der Waals surface area contributed by atoms with Crippen molar-refractivity contribution in [2.75, 3.05) is 0 Å². The Bertz CT molecular complexity index is 127. The second-order valence-electron chi connectivity index (χ2n) is 2.57. The molecule has 0 spiro atoms. The second-order valence-corrected chi connectivity index (χ2v) is 2.57. The lowest BCUT2D eigenvalue weighted by Crippen LogP contribution is -2.41. The Balaban J connectivity index is 3.63. The van der Waals surface area contributed by atoms with Gasteiger partial charge in [-0.2, -0.15) is 0 Å². The number of rotatable bonds is 5. The van der Waals surface area contributed by atoms with Crippen molar-refractivity contribution in [2.45, 2.75) is 38.3 Å². The molecule has 0 heterocycles. The van der Waals surface area contributed by atoms with Gasteiger partial charge in [0.05, 0.1) is 6.10 Å². The fraction of sp³-hybridized carbons (Fsp3) is 0.857. The third-order valence-electron chi connectivity index (χ3n) is 1.55. The van der Waals surface area contributed by atoms with Gasteiger partial charge in [-0.05, 0) is 6.42 Å². The van der Waals surface area contributed by atoms with Crippen LogP contribution in [0.1, 0.15) is 26.2 Å². The number of nitrogens with two attached hydrogens (primary N) is 1. The van der Waals surface area contributed by atoms with E-state index in [9.17, 15) is 4.79 Å². The summed E-state index contributed by atoms with van der Waals surface area (Å²) in [6, 6.07) is -1.14. The summed E-state index contributed by atoms with van der Waals surface area (Å²) in [5, 5.41) is 17.5. The molecule has 4 nitrogen and oxygen atoms in total. The van der Waals surface area contributed by atoms with Gasteiger partial charge < -0.3 is 15.9 Å². The molecule has 0 rings (SSSR count). The largest absolute Gasteiger partial charge is 0.480 e. The van der Waals surface area contributed by atoms with Crippen LogP contribution in [0.15, 0.2) is 0 Å². The third-order valence-corrected chi connectivity index (χ3v) is 1.55. The molecule has 0 fully saturated rings. The van der Waals surface area contributed by atoms with Crippen molar-refractivity contribution in [1.29, 1.82) is 0 Å². The average molecular weight is 161 g/mol. The first-order valence-electron chi connectivity index (χ1n) is 3.76. The van der Waals surface area contributed by atoms with E-state index in [1.54, 1.807) is 0 Å². The molecule has 0 amide bonds. The highest BCUT2D eigenvalue weighted by atomic mass is 16.4. The van der Waals surface area contributed by atoms with Gasteiger partial charge in [0, 0.05) is 0 Å². The van der Waals surface area contributed by atoms with Gasteiger partial charge in [0.25, 0.3) is 0 Å². The molecular formula is C7H15NO3. The molecule has 11 heavy (non-hydrogen) atoms. The number of hydrogen-bond donors (Lipinski definition) is 3. The maximum Gasteiger partial charge on any atom is 0.323 e. The van der Waals surface area contributed by atoms with E-state index in [-0.39, 0.29) is 0 Å². The monoisotopic (exact) mass is 161 g/mol. The highest BCUT2D eigenvalue weighted by Crippen LogP contribution is 2.02. The Labute approximate surface area is 66.0 Å². The number of aliphatic hydroxyl groups excluding tert-OH is 1. The van der Waals surface area contributed by atoms with Gasteiger partial charge in [0.2, 0.25) is 0 Å². The summed E-state index contributed by atoms with van der Waals surface area (Å²) in [4.78, 5) is 10.2. The van der Waals surface area contributed by atoms with Crippen LogP contribution >= 0.6 is 0 Å². The molecule has 0 aromatic rings. The summed E-state index contributed by atoms with van der Waals surface area (Å²) in [7, 11) is 0. The smallest absolute Gasteiger partial charge is 0.323 e. The summed E-state index contributed by atoms with van der Waals surface area (Å²) in [6.45, 7) is 1.97. The van der Waals surface area contributed by atoms with Crippen LogP contribution in [0.4, 0.5) is 0 Å². The van der Waals surface area contributed by atoms with Crippen LogP contribution in [-0.2, 0) is 4.79 Å². The highest BCUT2D eigenvalue weighted by molar-refractivity contribution is 5.73. The van der Waals surface area contributed by atoms with Crippen LogP contribution in [0.3, 0.4) is 0 Å². The Morgan fingerprint density at radius 1 is 1.64 bits per heavy atom. The summed E-state index contributed by atoms with van der Waals surface area (Å²) in [6.07, 6.45) is 1.29. The molecule has 2 atom stereocenters. The number of carboxylic acids is 1. The van der Waals surface area contributed by atoms with Crippen molar-refractivity contribution in [3.8, 4) is 0 Å². The van der Waals surface area contributed by atoms with E-state index < -0.39 is 18.1 Å². The quantitative estimate of drug-likeness (QED) is 0.528. The predicted molar refractivity (Wildman–Crippen MR) is 41.1 cm³/mol. The molecule has 0 saturated carbocycles. The fourth-order valence-corrected chi connectivity index (χ4v) is 0.757. The number of aliphatic carboxylic acids is 1. The number of hydrogen-bond acceptors (Lipinski definition) is 3. The molecule has 0 bridgehead atoms.